The Balaban J connectivity index is 1.94. The first-order valence-electron chi connectivity index (χ1n) is 5.76. The molecule has 1 atom stereocenters. The number of rotatable bonds is 2. The summed E-state index contributed by atoms with van der Waals surface area (Å²) < 4.78 is 6.77. The largest absolute Gasteiger partial charge is 0.496 e. The van der Waals surface area contributed by atoms with E-state index in [0.29, 0.717) is 0 Å². The average molecular weight is 246 g/mol. The number of hydrogen-bond donors (Lipinski definition) is 1. The van der Waals surface area contributed by atoms with Crippen LogP contribution in [0, 0.1) is 0 Å². The molecule has 0 spiro atoms. The van der Waals surface area contributed by atoms with Crippen LogP contribution in [0.4, 0.5) is 0 Å². The summed E-state index contributed by atoms with van der Waals surface area (Å²) in [5.74, 6) is 0.883. The number of aromatic nitrogens is 1. The quantitative estimate of drug-likeness (QED) is 0.886. The van der Waals surface area contributed by atoms with Gasteiger partial charge in [-0.2, -0.15) is 0 Å². The van der Waals surface area contributed by atoms with E-state index in [1.165, 1.54) is 4.70 Å². The van der Waals surface area contributed by atoms with Gasteiger partial charge in [0.15, 0.2) is 0 Å². The number of pyridine rings is 1. The molecule has 0 saturated carbocycles. The van der Waals surface area contributed by atoms with E-state index in [1.54, 1.807) is 11.3 Å². The third-order valence-electron chi connectivity index (χ3n) is 2.95. The maximum Gasteiger partial charge on any atom is 0.113 e. The van der Waals surface area contributed by atoms with Crippen molar-refractivity contribution >= 4 is 21.6 Å². The van der Waals surface area contributed by atoms with Crippen LogP contribution < -0.4 is 5.73 Å². The smallest absolute Gasteiger partial charge is 0.113 e. The van der Waals surface area contributed by atoms with Gasteiger partial charge in [0.05, 0.1) is 22.9 Å². The molecule has 0 saturated heterocycles. The summed E-state index contributed by atoms with van der Waals surface area (Å²) in [7, 11) is 0. The highest BCUT2D eigenvalue weighted by atomic mass is 32.1. The van der Waals surface area contributed by atoms with Gasteiger partial charge in [0.25, 0.3) is 0 Å². The second kappa shape index (κ2) is 4.47. The summed E-state index contributed by atoms with van der Waals surface area (Å²) in [6.07, 6.45) is 6.07. The van der Waals surface area contributed by atoms with Crippen LogP contribution >= 0.6 is 11.3 Å². The van der Waals surface area contributed by atoms with E-state index >= 15 is 0 Å². The zero-order chi connectivity index (χ0) is 11.7. The van der Waals surface area contributed by atoms with E-state index in [-0.39, 0.29) is 6.04 Å². The van der Waals surface area contributed by atoms with Crippen molar-refractivity contribution in [2.75, 3.05) is 6.61 Å². The summed E-state index contributed by atoms with van der Waals surface area (Å²) in [4.78, 5) is 4.40. The van der Waals surface area contributed by atoms with Gasteiger partial charge in [-0.3, -0.25) is 4.98 Å². The van der Waals surface area contributed by atoms with Crippen LogP contribution in [0.1, 0.15) is 24.4 Å². The predicted octanol–water partition coefficient (Wildman–Crippen LogP) is 2.99. The number of ether oxygens (including phenoxy) is 1. The molecule has 88 valence electrons. The third kappa shape index (κ3) is 2.06. The highest BCUT2D eigenvalue weighted by molar-refractivity contribution is 7.17. The molecule has 17 heavy (non-hydrogen) atoms. The van der Waals surface area contributed by atoms with Crippen molar-refractivity contribution in [1.29, 1.82) is 0 Å². The monoisotopic (exact) mass is 246 g/mol. The SMILES string of the molecule is NC(C1=CCCCO1)c1cnc2ccsc2c1. The highest BCUT2D eigenvalue weighted by Crippen LogP contribution is 2.27. The maximum atomic E-state index is 6.20. The first-order valence-corrected chi connectivity index (χ1v) is 6.64. The molecule has 0 bridgehead atoms. The average Bonchev–Trinajstić information content (AvgIpc) is 2.86. The molecule has 0 aromatic carbocycles. The van der Waals surface area contributed by atoms with Crippen LogP contribution in [-0.4, -0.2) is 11.6 Å². The minimum absolute atomic E-state index is 0.186. The zero-order valence-electron chi connectivity index (χ0n) is 9.43. The molecule has 0 aliphatic carbocycles. The lowest BCUT2D eigenvalue weighted by atomic mass is 10.1. The third-order valence-corrected chi connectivity index (χ3v) is 3.81. The summed E-state index contributed by atoms with van der Waals surface area (Å²) in [6.45, 7) is 0.772. The van der Waals surface area contributed by atoms with Crippen LogP contribution in [0.5, 0.6) is 0 Å². The van der Waals surface area contributed by atoms with Crippen molar-refractivity contribution in [3.63, 3.8) is 0 Å². The topological polar surface area (TPSA) is 48.1 Å². The predicted molar refractivity (Wildman–Crippen MR) is 69.8 cm³/mol. The summed E-state index contributed by atoms with van der Waals surface area (Å²) in [5.41, 5.74) is 8.25. The minimum Gasteiger partial charge on any atom is -0.496 e. The highest BCUT2D eigenvalue weighted by Gasteiger charge is 2.16. The van der Waals surface area contributed by atoms with E-state index in [2.05, 4.69) is 17.1 Å². The van der Waals surface area contributed by atoms with Gasteiger partial charge in [-0.15, -0.1) is 11.3 Å². The molecule has 3 rings (SSSR count). The van der Waals surface area contributed by atoms with Crippen LogP contribution in [0.25, 0.3) is 10.2 Å². The Morgan fingerprint density at radius 2 is 2.41 bits per heavy atom. The van der Waals surface area contributed by atoms with Gasteiger partial charge in [-0.05, 0) is 42.0 Å². The molecule has 2 N–H and O–H groups in total. The fraction of sp³-hybridized carbons (Fsp3) is 0.308. The number of allylic oxidation sites excluding steroid dienone is 1. The van der Waals surface area contributed by atoms with E-state index < -0.39 is 0 Å². The lowest BCUT2D eigenvalue weighted by Crippen LogP contribution is -2.18. The second-order valence-corrected chi connectivity index (χ2v) is 5.10. The van der Waals surface area contributed by atoms with Crippen molar-refractivity contribution in [3.05, 3.63) is 41.1 Å². The Bertz CT molecular complexity index is 561. The molecule has 4 heteroatoms. The normalized spacial score (nSPS) is 17.6. The van der Waals surface area contributed by atoms with Gasteiger partial charge in [0.1, 0.15) is 5.76 Å². The molecule has 1 aliphatic heterocycles. The lowest BCUT2D eigenvalue weighted by molar-refractivity contribution is 0.176. The first kappa shape index (κ1) is 10.7. The number of nitrogens with two attached hydrogens (primary N) is 1. The molecule has 0 amide bonds. The maximum absolute atomic E-state index is 6.20. The molecule has 3 heterocycles. The van der Waals surface area contributed by atoms with E-state index in [9.17, 15) is 0 Å². The number of hydrogen-bond acceptors (Lipinski definition) is 4. The molecule has 0 fully saturated rings. The van der Waals surface area contributed by atoms with Crippen LogP contribution in [0.15, 0.2) is 35.5 Å². The Labute approximate surface area is 104 Å². The van der Waals surface area contributed by atoms with E-state index in [1.807, 2.05) is 17.6 Å². The molecule has 2 aromatic rings. The van der Waals surface area contributed by atoms with Gasteiger partial charge in [-0.25, -0.2) is 0 Å². The molecule has 0 radical (unpaired) electrons. The molecular formula is C13H14N2OS. The second-order valence-electron chi connectivity index (χ2n) is 4.15. The molecular weight excluding hydrogens is 232 g/mol. The first-order chi connectivity index (χ1) is 8.34. The number of thiophene rings is 1. The van der Waals surface area contributed by atoms with Crippen molar-refractivity contribution < 1.29 is 4.74 Å². The number of fused-ring (bicyclic) bond motifs is 1. The van der Waals surface area contributed by atoms with Crippen molar-refractivity contribution in [3.8, 4) is 0 Å². The Morgan fingerprint density at radius 1 is 1.47 bits per heavy atom. The van der Waals surface area contributed by atoms with Crippen molar-refractivity contribution in [2.24, 2.45) is 5.73 Å². The lowest BCUT2D eigenvalue weighted by Gasteiger charge is -2.20. The molecule has 3 nitrogen and oxygen atoms in total. The summed E-state index contributed by atoms with van der Waals surface area (Å²) in [6, 6.07) is 3.94. The van der Waals surface area contributed by atoms with Crippen LogP contribution in [-0.2, 0) is 4.74 Å². The molecule has 2 aromatic heterocycles. The Kier molecular flexibility index (Phi) is 2.82. The fourth-order valence-corrected chi connectivity index (χ4v) is 2.78. The summed E-state index contributed by atoms with van der Waals surface area (Å²) in [5, 5.41) is 2.04. The fourth-order valence-electron chi connectivity index (χ4n) is 1.99. The van der Waals surface area contributed by atoms with Crippen molar-refractivity contribution in [2.45, 2.75) is 18.9 Å². The van der Waals surface area contributed by atoms with Gasteiger partial charge in [0.2, 0.25) is 0 Å². The molecule has 1 unspecified atom stereocenters. The summed E-state index contributed by atoms with van der Waals surface area (Å²) >= 11 is 1.69. The van der Waals surface area contributed by atoms with Crippen molar-refractivity contribution in [1.82, 2.24) is 4.98 Å². The standard InChI is InChI=1S/C13H14N2OS/c14-13(11-3-1-2-5-16-11)9-7-12-10(15-8-9)4-6-17-12/h3-4,6-8,13H,1-2,5,14H2. The Hall–Kier alpha value is -1.39. The van der Waals surface area contributed by atoms with Gasteiger partial charge in [-0.1, -0.05) is 0 Å². The van der Waals surface area contributed by atoms with Crippen LogP contribution in [0.2, 0.25) is 0 Å². The van der Waals surface area contributed by atoms with E-state index in [0.717, 1.165) is 36.3 Å². The van der Waals surface area contributed by atoms with Gasteiger partial charge >= 0.3 is 0 Å². The van der Waals surface area contributed by atoms with E-state index in [4.69, 9.17) is 10.5 Å². The van der Waals surface area contributed by atoms with Crippen LogP contribution in [0.3, 0.4) is 0 Å². The number of nitrogens with zero attached hydrogens (tertiary/aromatic N) is 1. The zero-order valence-corrected chi connectivity index (χ0v) is 10.2. The minimum atomic E-state index is -0.186. The van der Waals surface area contributed by atoms with Gasteiger partial charge < -0.3 is 10.5 Å². The van der Waals surface area contributed by atoms with Gasteiger partial charge in [0, 0.05) is 6.20 Å². The molecule has 1 aliphatic rings. The Morgan fingerprint density at radius 3 is 3.24 bits per heavy atom.